The molecule has 1 aliphatic rings. The standard InChI is InChI=1S/C12H18N2O.ClH/c1-2-15-12-10-13-8-9-14(12)11-6-4-3-5-7-11;/h3-7,12-13H,2,8-10H2,1H3;1H. The van der Waals surface area contributed by atoms with Crippen molar-refractivity contribution >= 4 is 18.1 Å². The van der Waals surface area contributed by atoms with Gasteiger partial charge in [0.2, 0.25) is 0 Å². The molecule has 1 atom stereocenters. The highest BCUT2D eigenvalue weighted by molar-refractivity contribution is 5.85. The minimum absolute atomic E-state index is 0. The van der Waals surface area contributed by atoms with Crippen LogP contribution in [0.1, 0.15) is 6.92 Å². The first kappa shape index (κ1) is 13.3. The lowest BCUT2D eigenvalue weighted by Gasteiger charge is -2.37. The molecule has 1 fully saturated rings. The number of para-hydroxylation sites is 1. The largest absolute Gasteiger partial charge is 0.357 e. The molecule has 90 valence electrons. The number of nitrogens with zero attached hydrogens (tertiary/aromatic N) is 1. The van der Waals surface area contributed by atoms with Gasteiger partial charge in [-0.15, -0.1) is 12.4 Å². The molecule has 0 spiro atoms. The molecule has 0 aliphatic carbocycles. The summed E-state index contributed by atoms with van der Waals surface area (Å²) in [5.41, 5.74) is 1.25. The van der Waals surface area contributed by atoms with Crippen LogP contribution >= 0.6 is 12.4 Å². The van der Waals surface area contributed by atoms with Crippen molar-refractivity contribution in [2.75, 3.05) is 31.1 Å². The first-order chi connectivity index (χ1) is 7.42. The average molecular weight is 243 g/mol. The zero-order chi connectivity index (χ0) is 10.5. The number of rotatable bonds is 3. The Balaban J connectivity index is 0.00000128. The third-order valence-corrected chi connectivity index (χ3v) is 2.64. The molecule has 3 nitrogen and oxygen atoms in total. The Kier molecular flexibility index (Phi) is 5.60. The molecular weight excluding hydrogens is 224 g/mol. The fourth-order valence-corrected chi connectivity index (χ4v) is 1.94. The zero-order valence-electron chi connectivity index (χ0n) is 9.56. The topological polar surface area (TPSA) is 24.5 Å². The number of nitrogens with one attached hydrogen (secondary N) is 1. The van der Waals surface area contributed by atoms with Crippen LogP contribution in [0.3, 0.4) is 0 Å². The van der Waals surface area contributed by atoms with Gasteiger partial charge in [-0.2, -0.15) is 0 Å². The summed E-state index contributed by atoms with van der Waals surface area (Å²) in [6.07, 6.45) is 0.172. The zero-order valence-corrected chi connectivity index (χ0v) is 10.4. The minimum Gasteiger partial charge on any atom is -0.357 e. The van der Waals surface area contributed by atoms with E-state index in [2.05, 4.69) is 34.5 Å². The molecule has 0 aromatic heterocycles. The number of ether oxygens (including phenoxy) is 1. The van der Waals surface area contributed by atoms with Crippen LogP contribution in [-0.4, -0.2) is 32.5 Å². The van der Waals surface area contributed by atoms with Crippen molar-refractivity contribution in [3.8, 4) is 0 Å². The Morgan fingerprint density at radius 3 is 2.81 bits per heavy atom. The van der Waals surface area contributed by atoms with Gasteiger partial charge in [-0.05, 0) is 19.1 Å². The number of halogens is 1. The monoisotopic (exact) mass is 242 g/mol. The Hall–Kier alpha value is -0.770. The molecule has 1 aliphatic heterocycles. The highest BCUT2D eigenvalue weighted by atomic mass is 35.5. The molecule has 1 aromatic carbocycles. The van der Waals surface area contributed by atoms with Crippen LogP contribution in [0.15, 0.2) is 30.3 Å². The molecule has 1 heterocycles. The summed E-state index contributed by atoms with van der Waals surface area (Å²) < 4.78 is 5.71. The van der Waals surface area contributed by atoms with Crippen molar-refractivity contribution in [1.82, 2.24) is 5.32 Å². The van der Waals surface area contributed by atoms with Gasteiger partial charge in [-0.1, -0.05) is 18.2 Å². The van der Waals surface area contributed by atoms with Crippen molar-refractivity contribution in [2.24, 2.45) is 0 Å². The highest BCUT2D eigenvalue weighted by Crippen LogP contribution is 2.18. The normalized spacial score (nSPS) is 20.3. The van der Waals surface area contributed by atoms with Gasteiger partial charge in [0.1, 0.15) is 6.23 Å². The van der Waals surface area contributed by atoms with Crippen LogP contribution in [-0.2, 0) is 4.74 Å². The van der Waals surface area contributed by atoms with Crippen LogP contribution in [0.2, 0.25) is 0 Å². The Labute approximate surface area is 103 Å². The second kappa shape index (κ2) is 6.74. The van der Waals surface area contributed by atoms with E-state index in [4.69, 9.17) is 4.74 Å². The quantitative estimate of drug-likeness (QED) is 0.876. The van der Waals surface area contributed by atoms with Crippen molar-refractivity contribution < 1.29 is 4.74 Å². The fourth-order valence-electron chi connectivity index (χ4n) is 1.94. The number of hydrogen-bond donors (Lipinski definition) is 1. The van der Waals surface area contributed by atoms with Gasteiger partial charge in [0.15, 0.2) is 0 Å². The smallest absolute Gasteiger partial charge is 0.142 e. The second-order valence-corrected chi connectivity index (χ2v) is 3.64. The SMILES string of the molecule is CCOC1CNCCN1c1ccccc1.Cl. The molecule has 0 bridgehead atoms. The maximum Gasteiger partial charge on any atom is 0.142 e. The van der Waals surface area contributed by atoms with Gasteiger partial charge in [-0.3, -0.25) is 0 Å². The number of benzene rings is 1. The van der Waals surface area contributed by atoms with E-state index in [9.17, 15) is 0 Å². The van der Waals surface area contributed by atoms with Crippen molar-refractivity contribution in [3.63, 3.8) is 0 Å². The van der Waals surface area contributed by atoms with Gasteiger partial charge < -0.3 is 15.0 Å². The maximum atomic E-state index is 5.71. The number of anilines is 1. The van der Waals surface area contributed by atoms with Gasteiger partial charge in [0.05, 0.1) is 0 Å². The van der Waals surface area contributed by atoms with E-state index in [0.29, 0.717) is 0 Å². The van der Waals surface area contributed by atoms with Crippen LogP contribution in [0, 0.1) is 0 Å². The Morgan fingerprint density at radius 2 is 2.12 bits per heavy atom. The first-order valence-corrected chi connectivity index (χ1v) is 5.56. The fraction of sp³-hybridized carbons (Fsp3) is 0.500. The lowest BCUT2D eigenvalue weighted by molar-refractivity contribution is 0.0519. The van der Waals surface area contributed by atoms with Crippen molar-refractivity contribution in [3.05, 3.63) is 30.3 Å². The minimum atomic E-state index is 0. The summed E-state index contributed by atoms with van der Waals surface area (Å²) in [5, 5.41) is 3.35. The molecule has 1 aromatic rings. The van der Waals surface area contributed by atoms with E-state index in [-0.39, 0.29) is 18.6 Å². The van der Waals surface area contributed by atoms with Crippen LogP contribution in [0.5, 0.6) is 0 Å². The van der Waals surface area contributed by atoms with Crippen molar-refractivity contribution in [2.45, 2.75) is 13.2 Å². The van der Waals surface area contributed by atoms with E-state index >= 15 is 0 Å². The summed E-state index contributed by atoms with van der Waals surface area (Å²) in [7, 11) is 0. The molecule has 1 N–H and O–H groups in total. The summed E-state index contributed by atoms with van der Waals surface area (Å²) in [5.74, 6) is 0. The van der Waals surface area contributed by atoms with E-state index in [0.717, 1.165) is 26.2 Å². The lowest BCUT2D eigenvalue weighted by atomic mass is 10.2. The van der Waals surface area contributed by atoms with E-state index < -0.39 is 0 Å². The average Bonchev–Trinajstić information content (AvgIpc) is 2.31. The molecule has 1 unspecified atom stereocenters. The number of hydrogen-bond acceptors (Lipinski definition) is 3. The summed E-state index contributed by atoms with van der Waals surface area (Å²) in [6.45, 7) is 5.74. The molecule has 2 rings (SSSR count). The predicted octanol–water partition coefficient (Wildman–Crippen LogP) is 1.88. The predicted molar refractivity (Wildman–Crippen MR) is 69.3 cm³/mol. The van der Waals surface area contributed by atoms with E-state index in [1.165, 1.54) is 5.69 Å². The summed E-state index contributed by atoms with van der Waals surface area (Å²) in [6, 6.07) is 10.5. The van der Waals surface area contributed by atoms with Gasteiger partial charge in [0.25, 0.3) is 0 Å². The van der Waals surface area contributed by atoms with Gasteiger partial charge in [0, 0.05) is 31.9 Å². The number of piperazine rings is 1. The summed E-state index contributed by atoms with van der Waals surface area (Å²) in [4.78, 5) is 2.32. The lowest BCUT2D eigenvalue weighted by Crippen LogP contribution is -2.52. The van der Waals surface area contributed by atoms with Crippen molar-refractivity contribution in [1.29, 1.82) is 0 Å². The van der Waals surface area contributed by atoms with Gasteiger partial charge in [-0.25, -0.2) is 0 Å². The summed E-state index contributed by atoms with van der Waals surface area (Å²) >= 11 is 0. The molecule has 4 heteroatoms. The second-order valence-electron chi connectivity index (χ2n) is 3.64. The van der Waals surface area contributed by atoms with E-state index in [1.807, 2.05) is 13.0 Å². The third kappa shape index (κ3) is 3.11. The molecule has 0 amide bonds. The van der Waals surface area contributed by atoms with Gasteiger partial charge >= 0.3 is 0 Å². The molecule has 0 saturated carbocycles. The van der Waals surface area contributed by atoms with Crippen LogP contribution in [0.4, 0.5) is 5.69 Å². The van der Waals surface area contributed by atoms with E-state index in [1.54, 1.807) is 0 Å². The first-order valence-electron chi connectivity index (χ1n) is 5.56. The molecular formula is C12H19ClN2O. The maximum absolute atomic E-state index is 5.71. The van der Waals surface area contributed by atoms with Crippen LogP contribution < -0.4 is 10.2 Å². The molecule has 16 heavy (non-hydrogen) atoms. The third-order valence-electron chi connectivity index (χ3n) is 2.64. The molecule has 0 radical (unpaired) electrons. The Morgan fingerprint density at radius 1 is 1.38 bits per heavy atom. The van der Waals surface area contributed by atoms with Crippen LogP contribution in [0.25, 0.3) is 0 Å². The highest BCUT2D eigenvalue weighted by Gasteiger charge is 2.21. The Bertz CT molecular complexity index is 292. The molecule has 1 saturated heterocycles.